The molecule has 0 bridgehead atoms. The van der Waals surface area contributed by atoms with Gasteiger partial charge in [-0.05, 0) is 0 Å². The van der Waals surface area contributed by atoms with Gasteiger partial charge in [0.05, 0.1) is 0 Å². The zero-order valence-electron chi connectivity index (χ0n) is 6.83. The van der Waals surface area contributed by atoms with E-state index in [0.717, 1.165) is 17.1 Å². The van der Waals surface area contributed by atoms with Crippen molar-refractivity contribution in [1.82, 2.24) is 4.98 Å². The van der Waals surface area contributed by atoms with Gasteiger partial charge in [0.1, 0.15) is 0 Å². The Labute approximate surface area is 83.0 Å². The second-order valence-corrected chi connectivity index (χ2v) is 6.25. The van der Waals surface area contributed by atoms with Crippen molar-refractivity contribution in [2.75, 3.05) is 15.4 Å². The molecule has 1 aromatic rings. The van der Waals surface area contributed by atoms with E-state index in [1.807, 2.05) is 20.0 Å². The van der Waals surface area contributed by atoms with Crippen molar-refractivity contribution in [2.45, 2.75) is 6.92 Å². The van der Waals surface area contributed by atoms with Gasteiger partial charge in [-0.2, -0.15) is 0 Å². The first kappa shape index (κ1) is 8.78. The Balaban J connectivity index is 3.17. The van der Waals surface area contributed by atoms with Crippen LogP contribution in [0.4, 0.5) is 11.5 Å². The third-order valence-corrected chi connectivity index (χ3v) is 2.71. The second kappa shape index (κ2) is 3.39. The molecule has 0 saturated carbocycles. The fourth-order valence-electron chi connectivity index (χ4n) is 0.860. The van der Waals surface area contributed by atoms with Crippen molar-refractivity contribution < 1.29 is 26.4 Å². The molecule has 0 aliphatic rings. The summed E-state index contributed by atoms with van der Waals surface area (Å²) < 4.78 is 2.10. The van der Waals surface area contributed by atoms with Gasteiger partial charge in [0.2, 0.25) is 0 Å². The van der Waals surface area contributed by atoms with E-state index in [1.54, 1.807) is 6.20 Å². The Morgan fingerprint density at radius 2 is 2.27 bits per heavy atom. The third kappa shape index (κ3) is 1.83. The molecule has 4 heteroatoms. The van der Waals surface area contributed by atoms with Crippen molar-refractivity contribution in [2.24, 2.45) is 0 Å². The van der Waals surface area contributed by atoms with Crippen LogP contribution < -0.4 is 8.40 Å². The number of nitrogens with zero attached hydrogens (tertiary/aromatic N) is 2. The molecule has 0 aliphatic carbocycles. The Bertz CT molecular complexity index is 260. The van der Waals surface area contributed by atoms with Crippen LogP contribution in [0, 0.1) is 6.92 Å². The van der Waals surface area contributed by atoms with Crippen LogP contribution in [0.15, 0.2) is 12.3 Å². The third-order valence-electron chi connectivity index (χ3n) is 1.55. The van der Waals surface area contributed by atoms with Crippen molar-refractivity contribution in [1.29, 1.82) is 0 Å². The van der Waals surface area contributed by atoms with Crippen LogP contribution in [-0.2, 0) is 26.4 Å². The normalized spacial score (nSPS) is 9.82. The average molecular weight is 337 g/mol. The van der Waals surface area contributed by atoms with Gasteiger partial charge in [-0.1, -0.05) is 0 Å². The summed E-state index contributed by atoms with van der Waals surface area (Å²) in [5, 5.41) is 0. The van der Waals surface area contributed by atoms with Crippen molar-refractivity contribution in [3.8, 4) is 0 Å². The molecule has 0 saturated heterocycles. The molecular weight excluding hydrogens is 327 g/mol. The number of aryl methyl sites for hydroxylation is 1. The molecule has 0 fully saturated rings. The van der Waals surface area contributed by atoms with Crippen molar-refractivity contribution in [3.05, 3.63) is 17.8 Å². The van der Waals surface area contributed by atoms with Gasteiger partial charge in [-0.3, -0.25) is 0 Å². The average Bonchev–Trinajstić information content (AvgIpc) is 1.94. The molecule has 0 radical (unpaired) electrons. The summed E-state index contributed by atoms with van der Waals surface area (Å²) in [6.45, 7) is 2.00. The molecule has 0 unspecified atom stereocenters. The van der Waals surface area contributed by atoms with E-state index >= 15 is 0 Å². The van der Waals surface area contributed by atoms with Gasteiger partial charge in [0.15, 0.2) is 0 Å². The van der Waals surface area contributed by atoms with E-state index in [-0.39, 0.29) is 0 Å². The van der Waals surface area contributed by atoms with E-state index < -0.39 is 0 Å². The Hall–Kier alpha value is -0.315. The molecule has 0 aliphatic heterocycles. The molecule has 11 heavy (non-hydrogen) atoms. The van der Waals surface area contributed by atoms with Crippen LogP contribution in [0.1, 0.15) is 5.56 Å². The maximum absolute atomic E-state index is 5.81. The summed E-state index contributed by atoms with van der Waals surface area (Å²) in [6, 6.07) is 1.93. The molecule has 3 nitrogen and oxygen atoms in total. The quantitative estimate of drug-likeness (QED) is 0.774. The first-order chi connectivity index (χ1) is 5.13. The predicted octanol–water partition coefficient (Wildman–Crippen LogP) is 0.870. The number of hydrogen-bond acceptors (Lipinski definition) is 3. The number of nitrogens with two attached hydrogens (primary N) is 1. The molecule has 2 N–H and O–H groups in total. The summed E-state index contributed by atoms with van der Waals surface area (Å²) in [6.07, 6.45) is 1.80. The zero-order chi connectivity index (χ0) is 8.43. The minimum atomic E-state index is 0.550. The van der Waals surface area contributed by atoms with E-state index in [1.165, 1.54) is 0 Å². The van der Waals surface area contributed by atoms with E-state index in [9.17, 15) is 0 Å². The Morgan fingerprint density at radius 3 is 2.73 bits per heavy atom. The zero-order valence-corrected chi connectivity index (χ0v) is 12.3. The molecule has 0 spiro atoms. The van der Waals surface area contributed by atoms with Crippen LogP contribution in [0.25, 0.3) is 0 Å². The molecule has 1 aromatic heterocycles. The molecule has 0 aromatic carbocycles. The standard InChI is InChI=1S/C7H10N3.Hg/c1-5-3-4-10-7(9-2)6(5)8;/h3-4H,8H2,1-2H3;/q-1;+1. The number of anilines is 2. The van der Waals surface area contributed by atoms with Crippen LogP contribution in [0.2, 0.25) is 0 Å². The number of rotatable bonds is 1. The van der Waals surface area contributed by atoms with Gasteiger partial charge < -0.3 is 0 Å². The first-order valence-corrected chi connectivity index (χ1v) is 5.84. The molecule has 55 valence electrons. The van der Waals surface area contributed by atoms with Gasteiger partial charge in [0.25, 0.3) is 0 Å². The molecule has 0 amide bonds. The maximum atomic E-state index is 5.81. The summed E-state index contributed by atoms with van der Waals surface area (Å²) in [7, 11) is 2.02. The van der Waals surface area contributed by atoms with E-state index in [2.05, 4.69) is 7.65 Å². The van der Waals surface area contributed by atoms with Crippen LogP contribution >= 0.6 is 0 Å². The van der Waals surface area contributed by atoms with E-state index in [0.29, 0.717) is 26.4 Å². The molecule has 1 heterocycles. The minimum absolute atomic E-state index is 0.550. The van der Waals surface area contributed by atoms with Crippen LogP contribution in [0.5, 0.6) is 0 Å². The summed E-state index contributed by atoms with van der Waals surface area (Å²) >= 11 is 0.550. The van der Waals surface area contributed by atoms with Crippen LogP contribution in [0.3, 0.4) is 0 Å². The van der Waals surface area contributed by atoms with Gasteiger partial charge in [-0.15, -0.1) is 0 Å². The van der Waals surface area contributed by atoms with Crippen molar-refractivity contribution in [3.63, 3.8) is 0 Å². The van der Waals surface area contributed by atoms with E-state index in [4.69, 9.17) is 5.73 Å². The molecule has 0 atom stereocenters. The Kier molecular flexibility index (Phi) is 2.70. The fourth-order valence-corrected chi connectivity index (χ4v) is 1.84. The summed E-state index contributed by atoms with van der Waals surface area (Å²) in [5.41, 5.74) is 7.72. The van der Waals surface area contributed by atoms with Gasteiger partial charge >= 0.3 is 83.1 Å². The summed E-state index contributed by atoms with van der Waals surface area (Å²) in [5.74, 6) is 0.924. The predicted molar refractivity (Wildman–Crippen MR) is 41.8 cm³/mol. The monoisotopic (exact) mass is 338 g/mol. The first-order valence-electron chi connectivity index (χ1n) is 3.38. The SMILES string of the molecule is Cc1ccnc([N](C)[Hg])c1N. The number of hydrogen-bond donors (Lipinski definition) is 1. The topological polar surface area (TPSA) is 42.2 Å². The molecular formula is C7H10HgN3. The Morgan fingerprint density at radius 1 is 1.64 bits per heavy atom. The fraction of sp³-hybridized carbons (Fsp3) is 0.286. The number of aromatic nitrogens is 1. The van der Waals surface area contributed by atoms with Crippen LogP contribution in [-0.4, -0.2) is 12.0 Å². The number of pyridine rings is 1. The summed E-state index contributed by atoms with van der Waals surface area (Å²) in [4.78, 5) is 4.19. The second-order valence-electron chi connectivity index (χ2n) is 2.56. The number of nitrogen functional groups attached to an aromatic ring is 1. The van der Waals surface area contributed by atoms with Gasteiger partial charge in [-0.25, -0.2) is 0 Å². The van der Waals surface area contributed by atoms with Gasteiger partial charge in [0, 0.05) is 0 Å². The van der Waals surface area contributed by atoms with Crippen molar-refractivity contribution >= 4 is 11.5 Å². The molecule has 1 rings (SSSR count).